The van der Waals surface area contributed by atoms with E-state index in [2.05, 4.69) is 34.0 Å². The maximum Gasteiger partial charge on any atom is 0.318 e. The highest BCUT2D eigenvalue weighted by Crippen LogP contribution is 2.36. The number of hydrogen-bond donors (Lipinski definition) is 0. The highest BCUT2D eigenvalue weighted by Gasteiger charge is 2.22. The SMILES string of the molecule is C#Cc1c(F)ccc2cccc(-c3ncc4c(N(CC=C)CC=C)nc(OC)nc4c3F)c12. The summed E-state index contributed by atoms with van der Waals surface area (Å²) in [7, 11) is 1.41. The van der Waals surface area contributed by atoms with E-state index < -0.39 is 11.6 Å². The van der Waals surface area contributed by atoms with Crippen molar-refractivity contribution in [2.75, 3.05) is 25.1 Å². The molecule has 5 nitrogen and oxygen atoms in total. The van der Waals surface area contributed by atoms with E-state index in [1.54, 1.807) is 36.4 Å². The second-order valence-electron chi connectivity index (χ2n) is 7.17. The summed E-state index contributed by atoms with van der Waals surface area (Å²) in [5.41, 5.74) is 0.442. The summed E-state index contributed by atoms with van der Waals surface area (Å²) < 4.78 is 35.6. The van der Waals surface area contributed by atoms with Crippen LogP contribution >= 0.6 is 0 Å². The lowest BCUT2D eigenvalue weighted by atomic mass is 9.96. The third-order valence-electron chi connectivity index (χ3n) is 5.22. The van der Waals surface area contributed by atoms with Gasteiger partial charge in [0.25, 0.3) is 0 Å². The van der Waals surface area contributed by atoms with Crippen LogP contribution < -0.4 is 9.64 Å². The second kappa shape index (κ2) is 9.05. The molecule has 164 valence electrons. The van der Waals surface area contributed by atoms with Gasteiger partial charge in [-0.25, -0.2) is 8.78 Å². The third-order valence-corrected chi connectivity index (χ3v) is 5.22. The van der Waals surface area contributed by atoms with E-state index in [1.807, 2.05) is 4.90 Å². The number of terminal acetylenes is 1. The molecule has 0 spiro atoms. The number of pyridine rings is 1. The Morgan fingerprint density at radius 1 is 1.12 bits per heavy atom. The molecule has 4 aromatic rings. The number of methoxy groups -OCH3 is 1. The number of ether oxygens (including phenoxy) is 1. The molecule has 0 aliphatic rings. The lowest BCUT2D eigenvalue weighted by Gasteiger charge is -2.22. The Morgan fingerprint density at radius 3 is 2.55 bits per heavy atom. The summed E-state index contributed by atoms with van der Waals surface area (Å²) in [5, 5.41) is 1.48. The van der Waals surface area contributed by atoms with Crippen molar-refractivity contribution in [3.05, 3.63) is 79.0 Å². The first kappa shape index (κ1) is 21.9. The van der Waals surface area contributed by atoms with Crippen LogP contribution in [0, 0.1) is 24.0 Å². The minimum Gasteiger partial charge on any atom is -0.467 e. The van der Waals surface area contributed by atoms with Crippen LogP contribution in [0.4, 0.5) is 14.6 Å². The van der Waals surface area contributed by atoms with Gasteiger partial charge in [-0.3, -0.25) is 4.98 Å². The monoisotopic (exact) mass is 442 g/mol. The zero-order valence-electron chi connectivity index (χ0n) is 18.0. The third kappa shape index (κ3) is 3.76. The number of anilines is 1. The fraction of sp³-hybridized carbons (Fsp3) is 0.115. The van der Waals surface area contributed by atoms with Crippen LogP contribution in [-0.4, -0.2) is 35.2 Å². The molecule has 33 heavy (non-hydrogen) atoms. The quantitative estimate of drug-likeness (QED) is 0.288. The minimum atomic E-state index is -0.689. The van der Waals surface area contributed by atoms with Gasteiger partial charge < -0.3 is 9.64 Å². The van der Waals surface area contributed by atoms with Gasteiger partial charge in [-0.2, -0.15) is 9.97 Å². The first-order valence-corrected chi connectivity index (χ1v) is 10.1. The number of rotatable bonds is 7. The van der Waals surface area contributed by atoms with Gasteiger partial charge in [0.05, 0.1) is 18.1 Å². The fourth-order valence-corrected chi connectivity index (χ4v) is 3.79. The molecule has 2 heterocycles. The molecule has 0 N–H and O–H groups in total. The van der Waals surface area contributed by atoms with E-state index in [1.165, 1.54) is 19.4 Å². The molecule has 0 aliphatic heterocycles. The Balaban J connectivity index is 2.04. The predicted octanol–water partition coefficient (Wildman–Crippen LogP) is 5.29. The van der Waals surface area contributed by atoms with Crippen LogP contribution in [0.1, 0.15) is 5.56 Å². The number of benzene rings is 2. The summed E-state index contributed by atoms with van der Waals surface area (Å²) in [5.74, 6) is 1.56. The molecule has 2 aromatic carbocycles. The largest absolute Gasteiger partial charge is 0.467 e. The van der Waals surface area contributed by atoms with Crippen LogP contribution in [0.5, 0.6) is 6.01 Å². The molecular formula is C26H20F2N4O. The van der Waals surface area contributed by atoms with Gasteiger partial charge >= 0.3 is 6.01 Å². The molecule has 0 saturated heterocycles. The molecular weight excluding hydrogens is 422 g/mol. The average Bonchev–Trinajstić information content (AvgIpc) is 2.83. The fourth-order valence-electron chi connectivity index (χ4n) is 3.79. The molecule has 4 rings (SSSR count). The van der Waals surface area contributed by atoms with Crippen molar-refractivity contribution in [1.29, 1.82) is 0 Å². The van der Waals surface area contributed by atoms with E-state index in [0.717, 1.165) is 0 Å². The van der Waals surface area contributed by atoms with Gasteiger partial charge in [-0.1, -0.05) is 42.3 Å². The predicted molar refractivity (Wildman–Crippen MR) is 127 cm³/mol. The molecule has 0 fully saturated rings. The van der Waals surface area contributed by atoms with Gasteiger partial charge in [0.2, 0.25) is 0 Å². The molecule has 0 unspecified atom stereocenters. The first-order chi connectivity index (χ1) is 16.0. The topological polar surface area (TPSA) is 51.1 Å². The van der Waals surface area contributed by atoms with Crippen LogP contribution in [-0.2, 0) is 0 Å². The number of aromatic nitrogens is 3. The molecule has 2 aromatic heterocycles. The molecule has 0 radical (unpaired) electrons. The van der Waals surface area contributed by atoms with Gasteiger partial charge in [0.15, 0.2) is 5.82 Å². The zero-order valence-corrected chi connectivity index (χ0v) is 18.0. The Bertz CT molecular complexity index is 1430. The lowest BCUT2D eigenvalue weighted by molar-refractivity contribution is 0.381. The van der Waals surface area contributed by atoms with Crippen LogP contribution in [0.15, 0.2) is 61.8 Å². The van der Waals surface area contributed by atoms with Gasteiger partial charge in [0.1, 0.15) is 22.8 Å². The molecule has 0 aliphatic carbocycles. The maximum atomic E-state index is 15.9. The Hall–Kier alpha value is -4.31. The number of fused-ring (bicyclic) bond motifs is 2. The average molecular weight is 442 g/mol. The molecule has 0 amide bonds. The van der Waals surface area contributed by atoms with Crippen molar-refractivity contribution in [3.63, 3.8) is 0 Å². The normalized spacial score (nSPS) is 10.7. The number of halogens is 2. The van der Waals surface area contributed by atoms with Crippen molar-refractivity contribution >= 4 is 27.5 Å². The smallest absolute Gasteiger partial charge is 0.318 e. The summed E-state index contributed by atoms with van der Waals surface area (Å²) in [4.78, 5) is 14.9. The zero-order chi connectivity index (χ0) is 23.5. The summed E-state index contributed by atoms with van der Waals surface area (Å²) in [6, 6.07) is 8.07. The van der Waals surface area contributed by atoms with Gasteiger partial charge in [-0.05, 0) is 11.5 Å². The lowest BCUT2D eigenvalue weighted by Crippen LogP contribution is -2.25. The van der Waals surface area contributed by atoms with E-state index in [-0.39, 0.29) is 22.8 Å². The first-order valence-electron chi connectivity index (χ1n) is 10.1. The molecule has 7 heteroatoms. The summed E-state index contributed by atoms with van der Waals surface area (Å²) >= 11 is 0. The van der Waals surface area contributed by atoms with Gasteiger partial charge in [-0.15, -0.1) is 19.6 Å². The Kier molecular flexibility index (Phi) is 6.01. The summed E-state index contributed by atoms with van der Waals surface area (Å²) in [6.45, 7) is 8.42. The van der Waals surface area contributed by atoms with Crippen LogP contribution in [0.2, 0.25) is 0 Å². The van der Waals surface area contributed by atoms with Crippen LogP contribution in [0.3, 0.4) is 0 Å². The Labute approximate surface area is 190 Å². The number of nitrogens with zero attached hydrogens (tertiary/aromatic N) is 4. The van der Waals surface area contributed by atoms with Crippen molar-refractivity contribution in [3.8, 4) is 29.6 Å². The Morgan fingerprint density at radius 2 is 1.88 bits per heavy atom. The standard InChI is InChI=1S/C26H20F2N4O/c1-5-13-32(14-6-2)25-19-15-29-23(22(28)24(19)30-26(31-25)33-4)18-10-8-9-16-11-12-20(27)17(7-3)21(16)18/h3,5-6,8-12,15H,1-2,13-14H2,4H3. The highest BCUT2D eigenvalue weighted by molar-refractivity contribution is 6.02. The number of hydrogen-bond acceptors (Lipinski definition) is 5. The molecule has 0 saturated carbocycles. The van der Waals surface area contributed by atoms with Crippen LogP contribution in [0.25, 0.3) is 32.9 Å². The van der Waals surface area contributed by atoms with E-state index in [4.69, 9.17) is 11.2 Å². The minimum absolute atomic E-state index is 0.0000439. The van der Waals surface area contributed by atoms with Crippen molar-refractivity contribution < 1.29 is 13.5 Å². The van der Waals surface area contributed by atoms with E-state index in [0.29, 0.717) is 40.6 Å². The molecule has 0 bridgehead atoms. The highest BCUT2D eigenvalue weighted by atomic mass is 19.1. The molecule has 0 atom stereocenters. The summed E-state index contributed by atoms with van der Waals surface area (Å²) in [6.07, 6.45) is 10.5. The maximum absolute atomic E-state index is 15.9. The van der Waals surface area contributed by atoms with E-state index in [9.17, 15) is 4.39 Å². The van der Waals surface area contributed by atoms with Crippen molar-refractivity contribution in [2.45, 2.75) is 0 Å². The van der Waals surface area contributed by atoms with Gasteiger partial charge in [0, 0.05) is 30.2 Å². The van der Waals surface area contributed by atoms with E-state index >= 15 is 4.39 Å². The van der Waals surface area contributed by atoms with Crippen molar-refractivity contribution in [2.24, 2.45) is 0 Å². The second-order valence-corrected chi connectivity index (χ2v) is 7.17. The van der Waals surface area contributed by atoms with Crippen molar-refractivity contribution in [1.82, 2.24) is 15.0 Å².